The van der Waals surface area contributed by atoms with Crippen molar-refractivity contribution in [1.82, 2.24) is 5.32 Å². The molecule has 26 heavy (non-hydrogen) atoms. The molecule has 136 valence electrons. The van der Waals surface area contributed by atoms with E-state index in [2.05, 4.69) is 47.8 Å². The molecule has 0 spiro atoms. The summed E-state index contributed by atoms with van der Waals surface area (Å²) in [7, 11) is 0. The van der Waals surface area contributed by atoms with E-state index in [9.17, 15) is 14.7 Å². The summed E-state index contributed by atoms with van der Waals surface area (Å²) < 4.78 is 0. The molecule has 3 rings (SSSR count). The van der Waals surface area contributed by atoms with Gasteiger partial charge in [-0.05, 0) is 54.0 Å². The molecular weight excluding hydrogens is 330 g/mol. The minimum atomic E-state index is -1.94. The van der Waals surface area contributed by atoms with E-state index in [0.29, 0.717) is 12.8 Å². The number of benzene rings is 2. The van der Waals surface area contributed by atoms with E-state index in [0.717, 1.165) is 19.8 Å². The third-order valence-corrected chi connectivity index (χ3v) is 4.82. The predicted molar refractivity (Wildman–Crippen MR) is 98.9 cm³/mol. The maximum absolute atomic E-state index is 11.8. The molecule has 0 radical (unpaired) electrons. The monoisotopic (exact) mass is 353 g/mol. The average Bonchev–Trinajstić information content (AvgIpc) is 2.98. The van der Waals surface area contributed by atoms with Gasteiger partial charge < -0.3 is 15.5 Å². The van der Waals surface area contributed by atoms with Crippen LogP contribution in [0.1, 0.15) is 36.5 Å². The lowest BCUT2D eigenvalue weighted by molar-refractivity contribution is -0.156. The SMILES string of the molecule is CC(O)(CNC(=O)CCCc1ccc2c(c1)-c1ccccc1C2)C(=O)O. The van der Waals surface area contributed by atoms with Gasteiger partial charge in [-0.3, -0.25) is 4.79 Å². The second-order valence-corrected chi connectivity index (χ2v) is 7.03. The van der Waals surface area contributed by atoms with E-state index in [1.807, 2.05) is 0 Å². The zero-order valence-corrected chi connectivity index (χ0v) is 14.8. The fourth-order valence-electron chi connectivity index (χ4n) is 3.21. The van der Waals surface area contributed by atoms with E-state index in [1.165, 1.54) is 27.8 Å². The zero-order valence-electron chi connectivity index (χ0n) is 14.8. The molecule has 0 heterocycles. The number of hydrogen-bond acceptors (Lipinski definition) is 3. The Kier molecular flexibility index (Phi) is 5.09. The Labute approximate surface area is 152 Å². The molecule has 0 fully saturated rings. The van der Waals surface area contributed by atoms with Crippen LogP contribution in [0.3, 0.4) is 0 Å². The van der Waals surface area contributed by atoms with E-state index in [4.69, 9.17) is 5.11 Å². The van der Waals surface area contributed by atoms with Gasteiger partial charge in [-0.1, -0.05) is 42.5 Å². The van der Waals surface area contributed by atoms with E-state index < -0.39 is 11.6 Å². The van der Waals surface area contributed by atoms with Gasteiger partial charge in [0.2, 0.25) is 5.91 Å². The highest BCUT2D eigenvalue weighted by molar-refractivity contribution is 5.80. The van der Waals surface area contributed by atoms with Gasteiger partial charge in [-0.2, -0.15) is 0 Å². The highest BCUT2D eigenvalue weighted by Crippen LogP contribution is 2.36. The maximum atomic E-state index is 11.8. The van der Waals surface area contributed by atoms with Gasteiger partial charge in [-0.25, -0.2) is 4.79 Å². The number of carboxylic acid groups (broad SMARTS) is 1. The average molecular weight is 353 g/mol. The van der Waals surface area contributed by atoms with Gasteiger partial charge in [-0.15, -0.1) is 0 Å². The number of hydrogen-bond donors (Lipinski definition) is 3. The molecule has 1 aliphatic carbocycles. The van der Waals surface area contributed by atoms with Crippen LogP contribution in [0.2, 0.25) is 0 Å². The van der Waals surface area contributed by atoms with Crippen molar-refractivity contribution in [2.45, 2.75) is 38.2 Å². The van der Waals surface area contributed by atoms with Crippen molar-refractivity contribution in [3.8, 4) is 11.1 Å². The van der Waals surface area contributed by atoms with Crippen LogP contribution < -0.4 is 5.32 Å². The molecule has 1 amide bonds. The summed E-state index contributed by atoms with van der Waals surface area (Å²) in [5.41, 5.74) is 4.50. The Bertz CT molecular complexity index is 842. The van der Waals surface area contributed by atoms with Gasteiger partial charge in [0, 0.05) is 6.42 Å². The second-order valence-electron chi connectivity index (χ2n) is 7.03. The molecule has 1 atom stereocenters. The van der Waals surface area contributed by atoms with Crippen molar-refractivity contribution >= 4 is 11.9 Å². The van der Waals surface area contributed by atoms with Gasteiger partial charge >= 0.3 is 5.97 Å². The topological polar surface area (TPSA) is 86.6 Å². The summed E-state index contributed by atoms with van der Waals surface area (Å²) in [5, 5.41) is 20.9. The highest BCUT2D eigenvalue weighted by atomic mass is 16.4. The summed E-state index contributed by atoms with van der Waals surface area (Å²) in [6, 6.07) is 14.9. The fourth-order valence-corrected chi connectivity index (χ4v) is 3.21. The minimum absolute atomic E-state index is 0.252. The van der Waals surface area contributed by atoms with Crippen LogP contribution in [0.15, 0.2) is 42.5 Å². The Morgan fingerprint density at radius 3 is 2.62 bits per heavy atom. The molecule has 0 aromatic heterocycles. The van der Waals surface area contributed by atoms with Crippen LogP contribution in [-0.2, 0) is 22.4 Å². The van der Waals surface area contributed by atoms with Crippen LogP contribution in [0.5, 0.6) is 0 Å². The first-order valence-corrected chi connectivity index (χ1v) is 8.79. The van der Waals surface area contributed by atoms with Crippen LogP contribution in [-0.4, -0.2) is 34.2 Å². The van der Waals surface area contributed by atoms with Crippen molar-refractivity contribution < 1.29 is 19.8 Å². The third kappa shape index (κ3) is 3.94. The van der Waals surface area contributed by atoms with Crippen LogP contribution in [0, 0.1) is 0 Å². The normalized spacial score (nSPS) is 14.2. The summed E-state index contributed by atoms with van der Waals surface area (Å²) >= 11 is 0. The minimum Gasteiger partial charge on any atom is -0.479 e. The van der Waals surface area contributed by atoms with E-state index >= 15 is 0 Å². The lowest BCUT2D eigenvalue weighted by Gasteiger charge is -2.18. The first kappa shape index (κ1) is 18.1. The molecule has 1 aliphatic rings. The van der Waals surface area contributed by atoms with Crippen molar-refractivity contribution in [1.29, 1.82) is 0 Å². The molecule has 1 unspecified atom stereocenters. The number of carboxylic acids is 1. The number of nitrogens with one attached hydrogen (secondary N) is 1. The molecule has 0 saturated heterocycles. The van der Waals surface area contributed by atoms with Crippen LogP contribution >= 0.6 is 0 Å². The molecule has 2 aromatic carbocycles. The van der Waals surface area contributed by atoms with Gasteiger partial charge in [0.05, 0.1) is 6.54 Å². The summed E-state index contributed by atoms with van der Waals surface area (Å²) in [6.45, 7) is 0.870. The second kappa shape index (κ2) is 7.30. The molecule has 5 nitrogen and oxygen atoms in total. The lowest BCUT2D eigenvalue weighted by Crippen LogP contribution is -2.46. The molecular formula is C21H23NO4. The fraction of sp³-hybridized carbons (Fsp3) is 0.333. The number of aliphatic carboxylic acids is 1. The van der Waals surface area contributed by atoms with Crippen LogP contribution in [0.4, 0.5) is 0 Å². The van der Waals surface area contributed by atoms with Crippen molar-refractivity contribution in [2.24, 2.45) is 0 Å². The first-order valence-electron chi connectivity index (χ1n) is 8.79. The van der Waals surface area contributed by atoms with Crippen molar-refractivity contribution in [3.05, 3.63) is 59.2 Å². The van der Waals surface area contributed by atoms with Crippen molar-refractivity contribution in [2.75, 3.05) is 6.54 Å². The van der Waals surface area contributed by atoms with Gasteiger partial charge in [0.15, 0.2) is 5.60 Å². The third-order valence-electron chi connectivity index (χ3n) is 4.82. The number of aryl methyl sites for hydroxylation is 1. The Morgan fingerprint density at radius 1 is 1.12 bits per heavy atom. The number of carbonyl (C=O) groups is 2. The van der Waals surface area contributed by atoms with Crippen LogP contribution in [0.25, 0.3) is 11.1 Å². The van der Waals surface area contributed by atoms with Gasteiger partial charge in [0.1, 0.15) is 0 Å². The maximum Gasteiger partial charge on any atom is 0.337 e. The van der Waals surface area contributed by atoms with E-state index in [1.54, 1.807) is 0 Å². The number of amides is 1. The van der Waals surface area contributed by atoms with Crippen molar-refractivity contribution in [3.63, 3.8) is 0 Å². The summed E-state index contributed by atoms with van der Waals surface area (Å²) in [6.07, 6.45) is 2.71. The number of aliphatic hydroxyl groups is 1. The smallest absolute Gasteiger partial charge is 0.337 e. The molecule has 2 aromatic rings. The predicted octanol–water partition coefficient (Wildman–Crippen LogP) is 2.53. The number of rotatable bonds is 7. The van der Waals surface area contributed by atoms with Gasteiger partial charge in [0.25, 0.3) is 0 Å². The lowest BCUT2D eigenvalue weighted by atomic mass is 10.00. The molecule has 0 saturated carbocycles. The Hall–Kier alpha value is -2.66. The number of carbonyl (C=O) groups excluding carboxylic acids is 1. The molecule has 0 aliphatic heterocycles. The number of fused-ring (bicyclic) bond motifs is 3. The standard InChI is InChI=1S/C21H23NO4/c1-21(26,20(24)25)13-22-19(23)8-4-5-14-9-10-16-12-15-6-2-3-7-17(15)18(16)11-14/h2-3,6-7,9-11,26H,4-5,8,12-13H2,1H3,(H,22,23)(H,24,25). The Morgan fingerprint density at radius 2 is 1.85 bits per heavy atom. The first-order chi connectivity index (χ1) is 12.4. The highest BCUT2D eigenvalue weighted by Gasteiger charge is 2.30. The molecule has 0 bridgehead atoms. The molecule has 3 N–H and O–H groups in total. The largest absolute Gasteiger partial charge is 0.479 e. The Balaban J connectivity index is 1.52. The quantitative estimate of drug-likeness (QED) is 0.609. The van der Waals surface area contributed by atoms with E-state index in [-0.39, 0.29) is 12.5 Å². The zero-order chi connectivity index (χ0) is 18.7. The summed E-state index contributed by atoms with van der Waals surface area (Å²) in [4.78, 5) is 22.7. The summed E-state index contributed by atoms with van der Waals surface area (Å²) in [5.74, 6) is -1.60. The molecule has 5 heteroatoms.